The third kappa shape index (κ3) is 7.69. The summed E-state index contributed by atoms with van der Waals surface area (Å²) in [5, 5.41) is 0. The van der Waals surface area contributed by atoms with Crippen LogP contribution in [0.2, 0.25) is 0 Å². The fraction of sp³-hybridized carbons (Fsp3) is 0.750. The molecular formula is C24H46Ti-6. The molecule has 0 aromatic carbocycles. The molecule has 0 radical (unpaired) electrons. The van der Waals surface area contributed by atoms with Crippen molar-refractivity contribution in [3.05, 3.63) is 43.6 Å². The molecule has 4 unspecified atom stereocenters. The maximum absolute atomic E-state index is 4.22. The molecule has 25 heavy (non-hydrogen) atoms. The molecule has 1 heteroatoms. The fourth-order valence-corrected chi connectivity index (χ4v) is 5.72. The van der Waals surface area contributed by atoms with Gasteiger partial charge in [0.1, 0.15) is 0 Å². The first-order chi connectivity index (χ1) is 9.75. The van der Waals surface area contributed by atoms with Gasteiger partial charge < -0.3 is 43.6 Å². The number of hydrogen-bond donors (Lipinski definition) is 0. The van der Waals surface area contributed by atoms with E-state index in [1.54, 1.807) is 0 Å². The molecule has 4 aliphatic carbocycles. The summed E-state index contributed by atoms with van der Waals surface area (Å²) in [6, 6.07) is 0. The standard InChI is InChI=1S/2C10H17.4CH3.Ti/c2*1-8-6-7-9-4-2-3-5-10(8)9;;;;;/h2*8-10H,1-7H2;4*1H3;/q6*-1;/t2*8?,9-,10?;;;;;/m11...../s1. The predicted molar refractivity (Wildman–Crippen MR) is 113 cm³/mol. The van der Waals surface area contributed by atoms with E-state index in [0.29, 0.717) is 0 Å². The molecule has 0 nitrogen and oxygen atoms in total. The SMILES string of the molecule is [CH2-]C1CC[C@H]2CCCCC12.[CH2-]C1CC[C@H]2CCCCC12.[CH3-].[CH3-].[CH3-].[CH3-].[Ti]. The molecule has 0 amide bonds. The minimum absolute atomic E-state index is 0. The maximum atomic E-state index is 4.22. The van der Waals surface area contributed by atoms with E-state index < -0.39 is 0 Å². The van der Waals surface area contributed by atoms with Crippen LogP contribution >= 0.6 is 0 Å². The van der Waals surface area contributed by atoms with Crippen molar-refractivity contribution in [2.75, 3.05) is 0 Å². The molecule has 0 aliphatic heterocycles. The van der Waals surface area contributed by atoms with Crippen molar-refractivity contribution in [3.8, 4) is 0 Å². The molecular weight excluding hydrogens is 336 g/mol. The van der Waals surface area contributed by atoms with Crippen LogP contribution in [0.4, 0.5) is 0 Å². The van der Waals surface area contributed by atoms with E-state index in [0.717, 1.165) is 35.5 Å². The summed E-state index contributed by atoms with van der Waals surface area (Å²) in [6.45, 7) is 8.44. The van der Waals surface area contributed by atoms with Crippen molar-refractivity contribution < 1.29 is 21.7 Å². The molecule has 0 bridgehead atoms. The van der Waals surface area contributed by atoms with E-state index in [-0.39, 0.29) is 51.4 Å². The average molecular weight is 382 g/mol. The summed E-state index contributed by atoms with van der Waals surface area (Å²) in [6.07, 6.45) is 17.7. The zero-order valence-corrected chi connectivity index (χ0v) is 19.4. The zero-order valence-electron chi connectivity index (χ0n) is 17.9. The second-order valence-electron chi connectivity index (χ2n) is 8.09. The average Bonchev–Trinajstić information content (AvgIpc) is 3.05. The van der Waals surface area contributed by atoms with Gasteiger partial charge in [0.2, 0.25) is 0 Å². The fourth-order valence-electron chi connectivity index (χ4n) is 5.72. The van der Waals surface area contributed by atoms with Crippen LogP contribution in [0.3, 0.4) is 0 Å². The molecule has 0 aromatic rings. The topological polar surface area (TPSA) is 0 Å². The Bertz CT molecular complexity index is 266. The van der Waals surface area contributed by atoms with Gasteiger partial charge in [0.05, 0.1) is 0 Å². The second kappa shape index (κ2) is 14.7. The van der Waals surface area contributed by atoms with Crippen LogP contribution in [0.15, 0.2) is 0 Å². The van der Waals surface area contributed by atoms with E-state index in [2.05, 4.69) is 13.8 Å². The van der Waals surface area contributed by atoms with Crippen molar-refractivity contribution >= 4 is 0 Å². The van der Waals surface area contributed by atoms with Gasteiger partial charge in [-0.05, 0) is 11.8 Å². The molecule has 4 saturated carbocycles. The van der Waals surface area contributed by atoms with Crippen molar-refractivity contribution in [2.24, 2.45) is 35.5 Å². The van der Waals surface area contributed by atoms with E-state index in [4.69, 9.17) is 0 Å². The van der Waals surface area contributed by atoms with Crippen molar-refractivity contribution in [1.82, 2.24) is 0 Å². The minimum atomic E-state index is 0. The van der Waals surface area contributed by atoms with Crippen molar-refractivity contribution in [1.29, 1.82) is 0 Å². The number of rotatable bonds is 0. The Morgan fingerprint density at radius 1 is 0.440 bits per heavy atom. The smallest absolute Gasteiger partial charge is 0 e. The summed E-state index contributed by atoms with van der Waals surface area (Å²) in [4.78, 5) is 0. The Hall–Kier alpha value is 0.714. The third-order valence-electron chi connectivity index (χ3n) is 6.96. The Morgan fingerprint density at radius 3 is 1.08 bits per heavy atom. The number of hydrogen-bond acceptors (Lipinski definition) is 0. The molecule has 6 atom stereocenters. The van der Waals surface area contributed by atoms with Gasteiger partial charge in [0.15, 0.2) is 0 Å². The van der Waals surface area contributed by atoms with Gasteiger partial charge in [-0.3, -0.25) is 0 Å². The first kappa shape index (κ1) is 30.4. The Morgan fingerprint density at radius 2 is 0.760 bits per heavy atom. The minimum Gasteiger partial charge on any atom is -0.358 e. The molecule has 0 saturated heterocycles. The first-order valence-electron chi connectivity index (χ1n) is 9.42. The van der Waals surface area contributed by atoms with Crippen LogP contribution in [0, 0.1) is 79.1 Å². The van der Waals surface area contributed by atoms with Crippen LogP contribution in [-0.4, -0.2) is 0 Å². The normalized spacial score (nSPS) is 37.7. The van der Waals surface area contributed by atoms with Gasteiger partial charge in [-0.1, -0.05) is 88.9 Å². The summed E-state index contributed by atoms with van der Waals surface area (Å²) in [5.41, 5.74) is 0. The quantitative estimate of drug-likeness (QED) is 0.295. The maximum Gasteiger partial charge on any atom is 0 e. The Kier molecular flexibility index (Phi) is 17.9. The van der Waals surface area contributed by atoms with Gasteiger partial charge in [-0.25, -0.2) is 0 Å². The van der Waals surface area contributed by atoms with Gasteiger partial charge in [0, 0.05) is 21.7 Å². The first-order valence-corrected chi connectivity index (χ1v) is 9.42. The predicted octanol–water partition coefficient (Wildman–Crippen LogP) is 7.87. The van der Waals surface area contributed by atoms with Crippen molar-refractivity contribution in [3.63, 3.8) is 0 Å². The largest absolute Gasteiger partial charge is 0.358 e. The van der Waals surface area contributed by atoms with Gasteiger partial charge in [-0.2, -0.15) is 11.8 Å². The van der Waals surface area contributed by atoms with E-state index >= 15 is 0 Å². The Labute approximate surface area is 177 Å². The van der Waals surface area contributed by atoms with Crippen LogP contribution in [-0.2, 0) is 21.7 Å². The Balaban J connectivity index is -0.000000323. The van der Waals surface area contributed by atoms with E-state index in [9.17, 15) is 0 Å². The summed E-state index contributed by atoms with van der Waals surface area (Å²) >= 11 is 0. The monoisotopic (exact) mass is 382 g/mol. The van der Waals surface area contributed by atoms with Gasteiger partial charge in [-0.15, -0.1) is 0 Å². The molecule has 0 spiro atoms. The third-order valence-corrected chi connectivity index (χ3v) is 6.96. The molecule has 4 aliphatic rings. The summed E-state index contributed by atoms with van der Waals surface area (Å²) < 4.78 is 0. The molecule has 0 N–H and O–H groups in total. The van der Waals surface area contributed by atoms with Crippen LogP contribution in [0.25, 0.3) is 0 Å². The molecule has 152 valence electrons. The van der Waals surface area contributed by atoms with Crippen LogP contribution in [0.5, 0.6) is 0 Å². The summed E-state index contributed by atoms with van der Waals surface area (Å²) in [7, 11) is 0. The molecule has 0 aromatic heterocycles. The van der Waals surface area contributed by atoms with Crippen molar-refractivity contribution in [2.45, 2.75) is 77.0 Å². The van der Waals surface area contributed by atoms with Crippen LogP contribution in [0.1, 0.15) is 77.0 Å². The summed E-state index contributed by atoms with van der Waals surface area (Å²) in [5.74, 6) is 5.82. The van der Waals surface area contributed by atoms with E-state index in [1.165, 1.54) is 77.0 Å². The molecule has 4 fully saturated rings. The zero-order chi connectivity index (χ0) is 13.9. The second-order valence-corrected chi connectivity index (χ2v) is 8.09. The van der Waals surface area contributed by atoms with Crippen LogP contribution < -0.4 is 0 Å². The number of fused-ring (bicyclic) bond motifs is 2. The van der Waals surface area contributed by atoms with E-state index in [1.807, 2.05) is 0 Å². The van der Waals surface area contributed by atoms with Gasteiger partial charge in [0.25, 0.3) is 0 Å². The molecule has 0 heterocycles. The van der Waals surface area contributed by atoms with Gasteiger partial charge >= 0.3 is 0 Å². The molecule has 4 rings (SSSR count).